The van der Waals surface area contributed by atoms with E-state index >= 15 is 0 Å². The third kappa shape index (κ3) is 3.57. The number of nitrogens with zero attached hydrogens (tertiary/aromatic N) is 7. The molecule has 1 amide bonds. The van der Waals surface area contributed by atoms with Crippen LogP contribution in [0.3, 0.4) is 0 Å². The fourth-order valence-electron chi connectivity index (χ4n) is 4.39. The molecule has 0 radical (unpaired) electrons. The molecule has 1 aliphatic carbocycles. The minimum Gasteiger partial charge on any atom is -0.373 e. The number of aromatic nitrogens is 4. The second-order valence-corrected chi connectivity index (χ2v) is 8.60. The van der Waals surface area contributed by atoms with Crippen LogP contribution in [0.1, 0.15) is 37.9 Å². The number of amides is 1. The maximum absolute atomic E-state index is 11.6. The molecule has 3 aliphatic rings. The summed E-state index contributed by atoms with van der Waals surface area (Å²) in [5.74, 6) is 2.63. The molecule has 0 N–H and O–H groups in total. The fraction of sp³-hybridized carbons (Fsp3) is 0.700. The predicted molar refractivity (Wildman–Crippen MR) is 108 cm³/mol. The summed E-state index contributed by atoms with van der Waals surface area (Å²) in [5.41, 5.74) is 0.828. The number of carbonyl (C=O) groups excluding carboxylic acids is 1. The molecule has 1 unspecified atom stereocenters. The Balaban J connectivity index is 1.19. The van der Waals surface area contributed by atoms with Gasteiger partial charge in [0.25, 0.3) is 0 Å². The molecule has 2 saturated heterocycles. The van der Waals surface area contributed by atoms with Crippen molar-refractivity contribution in [2.24, 2.45) is 0 Å². The van der Waals surface area contributed by atoms with Crippen molar-refractivity contribution in [2.45, 2.75) is 44.2 Å². The van der Waals surface area contributed by atoms with Crippen molar-refractivity contribution in [3.63, 3.8) is 0 Å². The molecule has 3 fully saturated rings. The Kier molecular flexibility index (Phi) is 4.87. The van der Waals surface area contributed by atoms with Gasteiger partial charge in [0.2, 0.25) is 5.91 Å². The molecule has 1 atom stereocenters. The largest absolute Gasteiger partial charge is 0.373 e. The van der Waals surface area contributed by atoms with Crippen molar-refractivity contribution in [3.05, 3.63) is 18.0 Å². The lowest BCUT2D eigenvalue weighted by Gasteiger charge is -2.46. The van der Waals surface area contributed by atoms with Gasteiger partial charge in [0.1, 0.15) is 5.82 Å². The first-order valence-corrected chi connectivity index (χ1v) is 10.6. The van der Waals surface area contributed by atoms with Crippen LogP contribution < -0.4 is 4.90 Å². The van der Waals surface area contributed by atoms with Gasteiger partial charge in [-0.1, -0.05) is 6.42 Å². The molecule has 2 aromatic heterocycles. The number of hydrogen-bond acceptors (Lipinski definition) is 7. The lowest BCUT2D eigenvalue weighted by atomic mass is 9.85. The lowest BCUT2D eigenvalue weighted by molar-refractivity contribution is -0.137. The van der Waals surface area contributed by atoms with Crippen molar-refractivity contribution in [1.29, 1.82) is 0 Å². The van der Waals surface area contributed by atoms with Crippen LogP contribution in [-0.4, -0.2) is 94.0 Å². The predicted octanol–water partition coefficient (Wildman–Crippen LogP) is 0.760. The van der Waals surface area contributed by atoms with Crippen LogP contribution in [0.5, 0.6) is 0 Å². The van der Waals surface area contributed by atoms with E-state index in [1.165, 1.54) is 19.3 Å². The van der Waals surface area contributed by atoms with Gasteiger partial charge in [0, 0.05) is 51.6 Å². The van der Waals surface area contributed by atoms with Gasteiger partial charge >= 0.3 is 0 Å². The molecule has 29 heavy (non-hydrogen) atoms. The Hall–Kier alpha value is -2.26. The zero-order valence-corrected chi connectivity index (χ0v) is 17.2. The molecular formula is C20H29N7O2. The summed E-state index contributed by atoms with van der Waals surface area (Å²) in [5, 5.41) is 13.5. The summed E-state index contributed by atoms with van der Waals surface area (Å²) in [7, 11) is 2.14. The van der Waals surface area contributed by atoms with E-state index in [-0.39, 0.29) is 12.0 Å². The summed E-state index contributed by atoms with van der Waals surface area (Å²) < 4.78 is 7.80. The van der Waals surface area contributed by atoms with E-state index in [0.717, 1.165) is 36.9 Å². The van der Waals surface area contributed by atoms with Crippen LogP contribution >= 0.6 is 0 Å². The molecule has 0 aromatic carbocycles. The molecule has 9 nitrogen and oxygen atoms in total. The van der Waals surface area contributed by atoms with Gasteiger partial charge in [-0.25, -0.2) is 0 Å². The van der Waals surface area contributed by atoms with E-state index in [1.807, 2.05) is 21.5 Å². The quantitative estimate of drug-likeness (QED) is 0.734. The van der Waals surface area contributed by atoms with Crippen LogP contribution in [0.25, 0.3) is 5.65 Å². The first-order chi connectivity index (χ1) is 14.1. The molecule has 4 heterocycles. The van der Waals surface area contributed by atoms with E-state index in [2.05, 4.69) is 27.0 Å². The second kappa shape index (κ2) is 7.53. The van der Waals surface area contributed by atoms with Crippen LogP contribution in [-0.2, 0) is 9.53 Å². The number of carbonyl (C=O) groups is 1. The third-order valence-corrected chi connectivity index (χ3v) is 6.63. The van der Waals surface area contributed by atoms with Gasteiger partial charge in [-0.2, -0.15) is 4.52 Å². The molecule has 0 bridgehead atoms. The average Bonchev–Trinajstić information content (AvgIpc) is 3.02. The number of hydrogen-bond donors (Lipinski definition) is 0. The summed E-state index contributed by atoms with van der Waals surface area (Å²) in [6.45, 7) is 6.37. The monoisotopic (exact) mass is 399 g/mol. The van der Waals surface area contributed by atoms with Crippen LogP contribution in [0.2, 0.25) is 0 Å². The van der Waals surface area contributed by atoms with Gasteiger partial charge in [-0.15, -0.1) is 15.3 Å². The van der Waals surface area contributed by atoms with Crippen molar-refractivity contribution in [1.82, 2.24) is 29.6 Å². The Bertz CT molecular complexity index is 890. The number of fused-ring (bicyclic) bond motifs is 1. The lowest BCUT2D eigenvalue weighted by Crippen LogP contribution is -2.61. The molecule has 2 aromatic rings. The highest BCUT2D eigenvalue weighted by Crippen LogP contribution is 2.35. The standard InChI is InChI=1S/C20H29N7O2/c1-14(28)25-8-9-29-17(13-25)12-24(2)16-10-26(11-16)19-7-6-18-21-22-20(27(18)23-19)15-4-3-5-15/h6-7,15-17H,3-5,8-13H2,1-2H3. The van der Waals surface area contributed by atoms with E-state index in [9.17, 15) is 4.79 Å². The highest BCUT2D eigenvalue weighted by Gasteiger charge is 2.34. The minimum absolute atomic E-state index is 0.0863. The van der Waals surface area contributed by atoms with Gasteiger partial charge in [0.15, 0.2) is 11.5 Å². The third-order valence-electron chi connectivity index (χ3n) is 6.63. The Morgan fingerprint density at radius 3 is 2.79 bits per heavy atom. The highest BCUT2D eigenvalue weighted by atomic mass is 16.5. The summed E-state index contributed by atoms with van der Waals surface area (Å²) in [6, 6.07) is 4.52. The van der Waals surface area contributed by atoms with Gasteiger partial charge in [-0.05, 0) is 32.0 Å². The molecule has 0 spiro atoms. The van der Waals surface area contributed by atoms with E-state index in [1.54, 1.807) is 6.92 Å². The first kappa shape index (κ1) is 18.7. The van der Waals surface area contributed by atoms with Crippen molar-refractivity contribution >= 4 is 17.4 Å². The van der Waals surface area contributed by atoms with E-state index in [0.29, 0.717) is 31.7 Å². The zero-order chi connectivity index (χ0) is 20.0. The Morgan fingerprint density at radius 2 is 2.07 bits per heavy atom. The van der Waals surface area contributed by atoms with Crippen molar-refractivity contribution in [3.8, 4) is 0 Å². The topological polar surface area (TPSA) is 79.1 Å². The maximum atomic E-state index is 11.6. The van der Waals surface area contributed by atoms with Gasteiger partial charge in [-0.3, -0.25) is 9.69 Å². The summed E-state index contributed by atoms with van der Waals surface area (Å²) in [4.78, 5) is 18.2. The molecule has 5 rings (SSSR count). The minimum atomic E-state index is 0.0863. The molecule has 1 saturated carbocycles. The maximum Gasteiger partial charge on any atom is 0.219 e. The molecule has 156 valence electrons. The second-order valence-electron chi connectivity index (χ2n) is 8.60. The molecule has 2 aliphatic heterocycles. The zero-order valence-electron chi connectivity index (χ0n) is 17.2. The number of morpholine rings is 1. The van der Waals surface area contributed by atoms with E-state index in [4.69, 9.17) is 9.84 Å². The number of anilines is 1. The van der Waals surface area contributed by atoms with Gasteiger partial charge in [0.05, 0.1) is 12.7 Å². The molecular weight excluding hydrogens is 370 g/mol. The number of rotatable bonds is 5. The number of ether oxygens (including phenoxy) is 1. The Labute approximate surface area is 170 Å². The summed E-state index contributed by atoms with van der Waals surface area (Å²) in [6.07, 6.45) is 3.73. The average molecular weight is 399 g/mol. The fourth-order valence-corrected chi connectivity index (χ4v) is 4.39. The van der Waals surface area contributed by atoms with Gasteiger partial charge < -0.3 is 14.5 Å². The number of likely N-dealkylation sites (N-methyl/N-ethyl adjacent to an activating group) is 1. The Morgan fingerprint density at radius 1 is 1.24 bits per heavy atom. The van der Waals surface area contributed by atoms with Crippen LogP contribution in [0.4, 0.5) is 5.82 Å². The molecule has 9 heteroatoms. The smallest absolute Gasteiger partial charge is 0.219 e. The normalized spacial score (nSPS) is 23.5. The van der Waals surface area contributed by atoms with Crippen LogP contribution in [0.15, 0.2) is 12.1 Å². The SMILES string of the molecule is CC(=O)N1CCOC(CN(C)C2CN(c3ccc4nnc(C5CCC5)n4n3)C2)C1. The summed E-state index contributed by atoms with van der Waals surface area (Å²) >= 11 is 0. The van der Waals surface area contributed by atoms with Crippen molar-refractivity contribution in [2.75, 3.05) is 51.3 Å². The first-order valence-electron chi connectivity index (χ1n) is 10.6. The van der Waals surface area contributed by atoms with E-state index < -0.39 is 0 Å². The van der Waals surface area contributed by atoms with Crippen LogP contribution in [0, 0.1) is 0 Å². The highest BCUT2D eigenvalue weighted by molar-refractivity contribution is 5.73. The van der Waals surface area contributed by atoms with Crippen molar-refractivity contribution < 1.29 is 9.53 Å².